The molecule has 2 aromatic rings. The molecule has 1 aliphatic rings. The lowest BCUT2D eigenvalue weighted by atomic mass is 10.1. The molecule has 1 heterocycles. The first kappa shape index (κ1) is 25.0. The van der Waals surface area contributed by atoms with Gasteiger partial charge < -0.3 is 24.8 Å². The molecular formula is C23H30N2O7. The van der Waals surface area contributed by atoms with Gasteiger partial charge in [0.25, 0.3) is 0 Å². The number of rotatable bonds is 6. The molecule has 0 amide bonds. The minimum Gasteiger partial charge on any atom is -0.502 e. The minimum absolute atomic E-state index is 0.0571. The highest BCUT2D eigenvalue weighted by Gasteiger charge is 2.19. The van der Waals surface area contributed by atoms with Crippen LogP contribution in [0, 0.1) is 6.92 Å². The second-order valence-corrected chi connectivity index (χ2v) is 7.50. The maximum Gasteiger partial charge on any atom is 0.414 e. The molecule has 0 saturated carbocycles. The minimum atomic E-state index is -1.82. The third-order valence-corrected chi connectivity index (χ3v) is 5.12. The zero-order valence-electron chi connectivity index (χ0n) is 18.6. The zero-order valence-corrected chi connectivity index (χ0v) is 18.6. The number of phenolic OH excluding ortho intramolecular Hbond substituents is 1. The average Bonchev–Trinajstić information content (AvgIpc) is 2.78. The fourth-order valence-electron chi connectivity index (χ4n) is 3.35. The molecular weight excluding hydrogens is 416 g/mol. The summed E-state index contributed by atoms with van der Waals surface area (Å²) in [6.45, 7) is 8.12. The summed E-state index contributed by atoms with van der Waals surface area (Å²) < 4.78 is 10.5. The maximum absolute atomic E-state index is 10.0. The van der Waals surface area contributed by atoms with Crippen molar-refractivity contribution in [3.8, 4) is 17.2 Å². The molecule has 0 atom stereocenters. The van der Waals surface area contributed by atoms with Gasteiger partial charge in [-0.25, -0.2) is 9.59 Å². The van der Waals surface area contributed by atoms with E-state index in [1.54, 1.807) is 14.2 Å². The smallest absolute Gasteiger partial charge is 0.414 e. The first-order chi connectivity index (χ1) is 15.2. The highest BCUT2D eigenvalue weighted by atomic mass is 16.5. The summed E-state index contributed by atoms with van der Waals surface area (Å²) in [7, 11) is 3.12. The molecule has 9 nitrogen and oxygen atoms in total. The highest BCUT2D eigenvalue weighted by Crippen LogP contribution is 2.37. The van der Waals surface area contributed by atoms with Crippen molar-refractivity contribution < 1.29 is 34.4 Å². The first-order valence-electron chi connectivity index (χ1n) is 10.1. The van der Waals surface area contributed by atoms with E-state index in [1.807, 2.05) is 12.1 Å². The number of aliphatic carboxylic acids is 2. The summed E-state index contributed by atoms with van der Waals surface area (Å²) in [6, 6.07) is 12.6. The molecule has 174 valence electrons. The number of carboxylic acid groups (broad SMARTS) is 2. The van der Waals surface area contributed by atoms with E-state index in [0.717, 1.165) is 44.8 Å². The summed E-state index contributed by atoms with van der Waals surface area (Å²) in [6.07, 6.45) is 0. The van der Waals surface area contributed by atoms with Crippen LogP contribution in [-0.4, -0.2) is 77.5 Å². The molecule has 0 unspecified atom stereocenters. The van der Waals surface area contributed by atoms with Crippen LogP contribution in [0.25, 0.3) is 0 Å². The lowest BCUT2D eigenvalue weighted by Crippen LogP contribution is -2.45. The number of phenols is 1. The molecule has 0 spiro atoms. The van der Waals surface area contributed by atoms with E-state index in [-0.39, 0.29) is 5.75 Å². The van der Waals surface area contributed by atoms with Gasteiger partial charge in [-0.2, -0.15) is 0 Å². The fraction of sp³-hybridized carbons (Fsp3) is 0.391. The van der Waals surface area contributed by atoms with E-state index in [9.17, 15) is 5.11 Å². The molecule has 0 aliphatic carbocycles. The van der Waals surface area contributed by atoms with Crippen molar-refractivity contribution in [2.75, 3.05) is 40.4 Å². The Morgan fingerprint density at radius 1 is 0.812 bits per heavy atom. The van der Waals surface area contributed by atoms with Gasteiger partial charge in [-0.1, -0.05) is 29.8 Å². The number of carboxylic acids is 2. The number of methoxy groups -OCH3 is 2. The predicted molar refractivity (Wildman–Crippen MR) is 118 cm³/mol. The molecule has 1 saturated heterocycles. The summed E-state index contributed by atoms with van der Waals surface area (Å²) >= 11 is 0. The molecule has 1 aliphatic heterocycles. The van der Waals surface area contributed by atoms with Gasteiger partial charge in [0.05, 0.1) is 14.2 Å². The van der Waals surface area contributed by atoms with Crippen LogP contribution in [0.15, 0.2) is 36.4 Å². The summed E-state index contributed by atoms with van der Waals surface area (Å²) in [5.74, 6) is -2.68. The SMILES string of the molecule is COc1cc(CN2CCN(Cc3ccc(C)cc3)CC2)cc(OC)c1O.O=C(O)C(=O)O. The normalized spacial score (nSPS) is 14.2. The molecule has 32 heavy (non-hydrogen) atoms. The Morgan fingerprint density at radius 2 is 1.22 bits per heavy atom. The van der Waals surface area contributed by atoms with Crippen LogP contribution >= 0.6 is 0 Å². The predicted octanol–water partition coefficient (Wildman–Crippen LogP) is 2.19. The molecule has 1 fully saturated rings. The van der Waals surface area contributed by atoms with Crippen LogP contribution in [-0.2, 0) is 22.7 Å². The van der Waals surface area contributed by atoms with Crippen LogP contribution in [0.5, 0.6) is 17.2 Å². The van der Waals surface area contributed by atoms with Gasteiger partial charge in [0.1, 0.15) is 0 Å². The van der Waals surface area contributed by atoms with Crippen molar-refractivity contribution in [3.63, 3.8) is 0 Å². The van der Waals surface area contributed by atoms with Gasteiger partial charge in [-0.15, -0.1) is 0 Å². The molecule has 0 bridgehead atoms. The third-order valence-electron chi connectivity index (χ3n) is 5.12. The van der Waals surface area contributed by atoms with Gasteiger partial charge in [-0.05, 0) is 30.2 Å². The molecule has 0 radical (unpaired) electrons. The summed E-state index contributed by atoms with van der Waals surface area (Å²) in [5.41, 5.74) is 3.76. The van der Waals surface area contributed by atoms with Gasteiger partial charge in [0, 0.05) is 39.3 Å². The largest absolute Gasteiger partial charge is 0.502 e. The number of aryl methyl sites for hydroxylation is 1. The Morgan fingerprint density at radius 3 is 1.59 bits per heavy atom. The van der Waals surface area contributed by atoms with Crippen molar-refractivity contribution >= 4 is 11.9 Å². The Bertz CT molecular complexity index is 870. The molecule has 3 rings (SSSR count). The number of carbonyl (C=O) groups is 2. The van der Waals surface area contributed by atoms with Crippen molar-refractivity contribution in [2.24, 2.45) is 0 Å². The quantitative estimate of drug-likeness (QED) is 0.574. The number of aromatic hydroxyl groups is 1. The van der Waals surface area contributed by atoms with E-state index in [2.05, 4.69) is 41.0 Å². The second kappa shape index (κ2) is 11.9. The highest BCUT2D eigenvalue weighted by molar-refractivity contribution is 6.27. The Hall–Kier alpha value is -3.30. The standard InChI is InChI=1S/C21H28N2O3.C2H2O4/c1-16-4-6-17(7-5-16)14-22-8-10-23(11-9-22)15-18-12-19(25-2)21(24)20(13-18)26-3;3-1(4)2(5)6/h4-7,12-13,24H,8-11,14-15H2,1-3H3;(H,3,4)(H,5,6). The number of benzene rings is 2. The van der Waals surface area contributed by atoms with E-state index in [4.69, 9.17) is 29.3 Å². The molecule has 3 N–H and O–H groups in total. The van der Waals surface area contributed by atoms with Crippen LogP contribution in [0.1, 0.15) is 16.7 Å². The number of hydrogen-bond acceptors (Lipinski definition) is 7. The topological polar surface area (TPSA) is 120 Å². The van der Waals surface area contributed by atoms with Gasteiger partial charge in [0.2, 0.25) is 5.75 Å². The van der Waals surface area contributed by atoms with Crippen molar-refractivity contribution in [1.82, 2.24) is 9.80 Å². The number of ether oxygens (including phenoxy) is 2. The average molecular weight is 447 g/mol. The third kappa shape index (κ3) is 7.44. The summed E-state index contributed by atoms with van der Waals surface area (Å²) in [4.78, 5) is 23.1. The Labute approximate surface area is 187 Å². The zero-order chi connectivity index (χ0) is 23.7. The van der Waals surface area contributed by atoms with Gasteiger partial charge >= 0.3 is 11.9 Å². The Balaban J connectivity index is 0.000000534. The molecule has 2 aromatic carbocycles. The molecule has 0 aromatic heterocycles. The number of piperazine rings is 1. The van der Waals surface area contributed by atoms with Crippen molar-refractivity contribution in [1.29, 1.82) is 0 Å². The van der Waals surface area contributed by atoms with Crippen LogP contribution in [0.4, 0.5) is 0 Å². The monoisotopic (exact) mass is 446 g/mol. The molecule has 9 heteroatoms. The van der Waals surface area contributed by atoms with Gasteiger partial charge in [-0.3, -0.25) is 9.80 Å². The van der Waals surface area contributed by atoms with E-state index in [1.165, 1.54) is 11.1 Å². The van der Waals surface area contributed by atoms with Gasteiger partial charge in [0.15, 0.2) is 11.5 Å². The van der Waals surface area contributed by atoms with Crippen LogP contribution in [0.2, 0.25) is 0 Å². The first-order valence-corrected chi connectivity index (χ1v) is 10.1. The maximum atomic E-state index is 10.0. The van der Waals surface area contributed by atoms with E-state index >= 15 is 0 Å². The number of hydrogen-bond donors (Lipinski definition) is 3. The number of nitrogens with zero attached hydrogens (tertiary/aromatic N) is 2. The van der Waals surface area contributed by atoms with Crippen LogP contribution in [0.3, 0.4) is 0 Å². The lowest BCUT2D eigenvalue weighted by molar-refractivity contribution is -0.159. The van der Waals surface area contributed by atoms with E-state index in [0.29, 0.717) is 11.5 Å². The summed E-state index contributed by atoms with van der Waals surface area (Å²) in [5, 5.41) is 24.8. The van der Waals surface area contributed by atoms with Crippen LogP contribution < -0.4 is 9.47 Å². The fourth-order valence-corrected chi connectivity index (χ4v) is 3.35. The van der Waals surface area contributed by atoms with Crippen molar-refractivity contribution in [2.45, 2.75) is 20.0 Å². The lowest BCUT2D eigenvalue weighted by Gasteiger charge is -2.34. The van der Waals surface area contributed by atoms with E-state index < -0.39 is 11.9 Å². The van der Waals surface area contributed by atoms with Crippen molar-refractivity contribution in [3.05, 3.63) is 53.1 Å². The second-order valence-electron chi connectivity index (χ2n) is 7.50. The Kier molecular flexibility index (Phi) is 9.30.